The van der Waals surface area contributed by atoms with E-state index in [0.29, 0.717) is 0 Å². The van der Waals surface area contributed by atoms with Crippen LogP contribution < -0.4 is 9.80 Å². The molecule has 2 nitrogen and oxygen atoms in total. The molecule has 0 amide bonds. The maximum Gasteiger partial charge on any atom is 0.0543 e. The van der Waals surface area contributed by atoms with Gasteiger partial charge in [-0.15, -0.1) is 11.3 Å². The molecule has 0 saturated carbocycles. The van der Waals surface area contributed by atoms with Crippen LogP contribution in [0.3, 0.4) is 0 Å². The highest BCUT2D eigenvalue weighted by atomic mass is 32.1. The molecule has 1 heterocycles. The summed E-state index contributed by atoms with van der Waals surface area (Å²) in [6.07, 6.45) is 16.8. The first-order chi connectivity index (χ1) is 33.7. The maximum atomic E-state index is 4.15. The van der Waals surface area contributed by atoms with Crippen LogP contribution in [0.2, 0.25) is 0 Å². The number of fused-ring (bicyclic) bond motifs is 11. The number of thiophene rings is 1. The normalized spacial score (nSPS) is 16.8. The van der Waals surface area contributed by atoms with Crippen LogP contribution in [-0.4, -0.2) is 0 Å². The maximum absolute atomic E-state index is 4.15. The summed E-state index contributed by atoms with van der Waals surface area (Å²) in [4.78, 5) is 4.91. The Morgan fingerprint density at radius 1 is 0.515 bits per heavy atom. The molecular weight excluding hydrogens is 841 g/mol. The molecule has 1 aromatic heterocycles. The quantitative estimate of drug-likeness (QED) is 0.133. The highest BCUT2D eigenvalue weighted by molar-refractivity contribution is 7.25. The molecule has 0 bridgehead atoms. The van der Waals surface area contributed by atoms with Crippen LogP contribution in [-0.2, 0) is 5.41 Å². The highest BCUT2D eigenvalue weighted by Gasteiger charge is 2.53. The Morgan fingerprint density at radius 2 is 1.16 bits per heavy atom. The van der Waals surface area contributed by atoms with Crippen molar-refractivity contribution < 1.29 is 0 Å². The van der Waals surface area contributed by atoms with Gasteiger partial charge in [0.15, 0.2) is 0 Å². The van der Waals surface area contributed by atoms with Crippen molar-refractivity contribution in [3.8, 4) is 11.1 Å². The fourth-order valence-electron chi connectivity index (χ4n) is 11.4. The lowest BCUT2D eigenvalue weighted by Crippen LogP contribution is -2.30. The Bertz CT molecular complexity index is 3700. The van der Waals surface area contributed by atoms with Crippen LogP contribution in [0.5, 0.6) is 0 Å². The van der Waals surface area contributed by atoms with Gasteiger partial charge in [0.2, 0.25) is 0 Å². The first kappa shape index (κ1) is 40.1. The Balaban J connectivity index is 1.11. The van der Waals surface area contributed by atoms with Gasteiger partial charge in [-0.2, -0.15) is 0 Å². The van der Waals surface area contributed by atoms with Gasteiger partial charge in [-0.3, -0.25) is 0 Å². The molecule has 10 aromatic rings. The third-order valence-electron chi connectivity index (χ3n) is 14.4. The zero-order valence-corrected chi connectivity index (χ0v) is 38.3. The number of rotatable bonds is 9. The van der Waals surface area contributed by atoms with E-state index in [9.17, 15) is 0 Å². The minimum atomic E-state index is -0.481. The average molecular weight is 887 g/mol. The molecule has 3 aliphatic carbocycles. The van der Waals surface area contributed by atoms with E-state index in [2.05, 4.69) is 259 Å². The molecule has 0 radical (unpaired) electrons. The second kappa shape index (κ2) is 16.3. The van der Waals surface area contributed by atoms with Crippen molar-refractivity contribution in [2.45, 2.75) is 11.8 Å². The van der Waals surface area contributed by atoms with E-state index in [1.807, 2.05) is 17.4 Å². The second-order valence-corrected chi connectivity index (χ2v) is 19.1. The lowest BCUT2D eigenvalue weighted by molar-refractivity contribution is 0.508. The van der Waals surface area contributed by atoms with Gasteiger partial charge in [0.1, 0.15) is 0 Å². The van der Waals surface area contributed by atoms with E-state index in [-0.39, 0.29) is 5.92 Å². The number of para-hydroxylation sites is 3. The number of allylic oxidation sites excluding steroid dienone is 9. The van der Waals surface area contributed by atoms with Crippen LogP contribution in [0.15, 0.2) is 255 Å². The summed E-state index contributed by atoms with van der Waals surface area (Å²) in [5.41, 5.74) is 16.4. The number of hydrogen-bond donors (Lipinski definition) is 0. The van der Waals surface area contributed by atoms with Gasteiger partial charge < -0.3 is 9.80 Å². The molecule has 13 rings (SSSR count). The smallest absolute Gasteiger partial charge is 0.0543 e. The minimum absolute atomic E-state index is 0.187. The predicted molar refractivity (Wildman–Crippen MR) is 291 cm³/mol. The summed E-state index contributed by atoms with van der Waals surface area (Å²) in [5, 5.41) is 5.03. The predicted octanol–water partition coefficient (Wildman–Crippen LogP) is 18.2. The zero-order chi connectivity index (χ0) is 45.2. The van der Waals surface area contributed by atoms with Gasteiger partial charge >= 0.3 is 0 Å². The van der Waals surface area contributed by atoms with Crippen molar-refractivity contribution in [1.82, 2.24) is 0 Å². The van der Waals surface area contributed by atoms with E-state index in [1.165, 1.54) is 75.5 Å². The van der Waals surface area contributed by atoms with Crippen molar-refractivity contribution >= 4 is 87.6 Å². The molecule has 3 heteroatoms. The Labute approximate surface area is 401 Å². The largest absolute Gasteiger partial charge is 0.310 e. The molecule has 68 heavy (non-hydrogen) atoms. The van der Waals surface area contributed by atoms with Gasteiger partial charge in [0, 0.05) is 65.5 Å². The fourth-order valence-corrected chi connectivity index (χ4v) is 12.6. The van der Waals surface area contributed by atoms with E-state index < -0.39 is 5.41 Å². The van der Waals surface area contributed by atoms with E-state index in [4.69, 9.17) is 0 Å². The summed E-state index contributed by atoms with van der Waals surface area (Å²) >= 11 is 1.87. The minimum Gasteiger partial charge on any atom is -0.310 e. The van der Waals surface area contributed by atoms with E-state index >= 15 is 0 Å². The summed E-state index contributed by atoms with van der Waals surface area (Å²) in [6.45, 7) is 4.15. The first-order valence-corrected chi connectivity index (χ1v) is 24.4. The Morgan fingerprint density at radius 3 is 1.93 bits per heavy atom. The standard InChI is InChI=1S/C65H46N2S/c1-2-3-19-47-43-65(59-30-17-15-28-53(59)54-36-34-51(39-60(54)65)66(48-22-7-4-8-23-48)49-24-9-5-10-25-49)61-42-62(58(41-57(47)61)46-33-32-44-20-13-14-21-45(44)38-46)67(50-26-11-6-12-27-50)52-35-37-56-55-29-16-18-31-63(55)68-64(56)40-52/h2-29,31-43,59H,1,30H2/b19-3-. The monoisotopic (exact) mass is 886 g/mol. The molecule has 0 saturated heterocycles. The van der Waals surface area contributed by atoms with Crippen LogP contribution in [0.25, 0.3) is 53.2 Å². The Hall–Kier alpha value is -8.24. The zero-order valence-electron chi connectivity index (χ0n) is 37.5. The molecule has 0 fully saturated rings. The van der Waals surface area contributed by atoms with Gasteiger partial charge in [-0.05, 0) is 141 Å². The third kappa shape index (κ3) is 6.38. The van der Waals surface area contributed by atoms with Crippen molar-refractivity contribution in [2.24, 2.45) is 5.92 Å². The van der Waals surface area contributed by atoms with E-state index in [1.54, 1.807) is 0 Å². The third-order valence-corrected chi connectivity index (χ3v) is 15.5. The number of nitrogens with zero attached hydrogens (tertiary/aromatic N) is 2. The van der Waals surface area contributed by atoms with Crippen molar-refractivity contribution in [2.75, 3.05) is 9.80 Å². The molecule has 1 spiro atoms. The van der Waals surface area contributed by atoms with Crippen LogP contribution >= 0.6 is 11.3 Å². The lowest BCUT2D eigenvalue weighted by Gasteiger charge is -2.36. The lowest BCUT2D eigenvalue weighted by atomic mass is 9.68. The molecular formula is C65H46N2S. The summed E-state index contributed by atoms with van der Waals surface area (Å²) in [5.74, 6) is 0.187. The molecule has 322 valence electrons. The number of hydrogen-bond acceptors (Lipinski definition) is 3. The molecule has 9 aromatic carbocycles. The van der Waals surface area contributed by atoms with Crippen LogP contribution in [0.4, 0.5) is 34.1 Å². The van der Waals surface area contributed by atoms with Crippen molar-refractivity contribution in [3.05, 3.63) is 278 Å². The van der Waals surface area contributed by atoms with Crippen LogP contribution in [0, 0.1) is 5.92 Å². The topological polar surface area (TPSA) is 6.48 Å². The first-order valence-electron chi connectivity index (χ1n) is 23.5. The number of benzene rings is 9. The molecule has 0 aliphatic heterocycles. The second-order valence-electron chi connectivity index (χ2n) is 18.1. The molecule has 3 aliphatic rings. The Kier molecular flexibility index (Phi) is 9.59. The van der Waals surface area contributed by atoms with Gasteiger partial charge in [-0.25, -0.2) is 0 Å². The van der Waals surface area contributed by atoms with Crippen molar-refractivity contribution in [3.63, 3.8) is 0 Å². The molecule has 2 unspecified atom stereocenters. The highest BCUT2D eigenvalue weighted by Crippen LogP contribution is 2.63. The fraction of sp³-hybridized carbons (Fsp3) is 0.0462. The van der Waals surface area contributed by atoms with Gasteiger partial charge in [0.05, 0.1) is 5.69 Å². The summed E-state index contributed by atoms with van der Waals surface area (Å²) in [6, 6.07) is 76.3. The number of anilines is 6. The van der Waals surface area contributed by atoms with E-state index in [0.717, 1.165) is 40.5 Å². The van der Waals surface area contributed by atoms with Crippen LogP contribution in [0.1, 0.15) is 28.7 Å². The van der Waals surface area contributed by atoms with Crippen molar-refractivity contribution in [1.29, 1.82) is 0 Å². The summed E-state index contributed by atoms with van der Waals surface area (Å²) in [7, 11) is 0. The van der Waals surface area contributed by atoms with Gasteiger partial charge in [-0.1, -0.05) is 170 Å². The molecule has 0 N–H and O–H groups in total. The molecule has 2 atom stereocenters. The van der Waals surface area contributed by atoms with Gasteiger partial charge in [0.25, 0.3) is 0 Å². The summed E-state index contributed by atoms with van der Waals surface area (Å²) < 4.78 is 2.58. The average Bonchev–Trinajstić information content (AvgIpc) is 4.03. The SMILES string of the molecule is C=C/C=C\C1=CC2(c3cc(N(c4ccccc4)c4ccc5c(c4)sc4ccccc45)c(-c4ccc5ccccc5c4)cc31)c1cc(N(c3ccccc3)c3ccccc3)ccc1C1=CC=CCC12.